The SMILES string of the molecule is COC(=O)/C=C(\C)C#CCNC(=O)OC(C)(C)C. The maximum Gasteiger partial charge on any atom is 0.408 e. The van der Waals surface area contributed by atoms with E-state index >= 15 is 0 Å². The Hall–Kier alpha value is -1.96. The second-order valence-corrected chi connectivity index (χ2v) is 4.51. The number of esters is 1. The van der Waals surface area contributed by atoms with E-state index in [1.807, 2.05) is 0 Å². The zero-order valence-corrected chi connectivity index (χ0v) is 11.4. The molecule has 1 N–H and O–H groups in total. The Morgan fingerprint density at radius 1 is 1.33 bits per heavy atom. The summed E-state index contributed by atoms with van der Waals surface area (Å²) in [6.07, 6.45) is 0.756. The van der Waals surface area contributed by atoms with Crippen LogP contribution < -0.4 is 5.32 Å². The molecule has 1 amide bonds. The molecule has 0 unspecified atom stereocenters. The number of nitrogens with one attached hydrogen (secondary N) is 1. The van der Waals surface area contributed by atoms with E-state index in [-0.39, 0.29) is 6.54 Å². The van der Waals surface area contributed by atoms with Crippen molar-refractivity contribution in [2.24, 2.45) is 0 Å². The minimum atomic E-state index is -0.530. The normalized spacial score (nSPS) is 11.1. The van der Waals surface area contributed by atoms with Gasteiger partial charge in [-0.25, -0.2) is 9.59 Å². The average molecular weight is 253 g/mol. The number of methoxy groups -OCH3 is 1. The number of hydrogen-bond donors (Lipinski definition) is 1. The van der Waals surface area contributed by atoms with Crippen molar-refractivity contribution in [3.05, 3.63) is 11.6 Å². The molecule has 0 aliphatic heterocycles. The predicted molar refractivity (Wildman–Crippen MR) is 67.8 cm³/mol. The fourth-order valence-corrected chi connectivity index (χ4v) is 0.886. The molecule has 0 heterocycles. The largest absolute Gasteiger partial charge is 0.466 e. The first-order valence-electron chi connectivity index (χ1n) is 5.46. The summed E-state index contributed by atoms with van der Waals surface area (Å²) in [5, 5.41) is 2.48. The molecule has 5 nitrogen and oxygen atoms in total. The number of rotatable bonds is 2. The highest BCUT2D eigenvalue weighted by Gasteiger charge is 2.14. The Kier molecular flexibility index (Phi) is 6.58. The van der Waals surface area contributed by atoms with Crippen molar-refractivity contribution in [2.45, 2.75) is 33.3 Å². The lowest BCUT2D eigenvalue weighted by atomic mass is 10.2. The van der Waals surface area contributed by atoms with Crippen LogP contribution in [0.3, 0.4) is 0 Å². The van der Waals surface area contributed by atoms with Gasteiger partial charge in [0.05, 0.1) is 13.7 Å². The van der Waals surface area contributed by atoms with Gasteiger partial charge in [0.15, 0.2) is 0 Å². The zero-order chi connectivity index (χ0) is 14.2. The third-order valence-electron chi connectivity index (χ3n) is 1.54. The first-order chi connectivity index (χ1) is 8.24. The van der Waals surface area contributed by atoms with Gasteiger partial charge in [-0.05, 0) is 27.7 Å². The van der Waals surface area contributed by atoms with E-state index in [9.17, 15) is 9.59 Å². The lowest BCUT2D eigenvalue weighted by Crippen LogP contribution is -2.32. The van der Waals surface area contributed by atoms with Crippen molar-refractivity contribution in [2.75, 3.05) is 13.7 Å². The Bertz CT molecular complexity index is 393. The smallest absolute Gasteiger partial charge is 0.408 e. The highest BCUT2D eigenvalue weighted by Crippen LogP contribution is 2.05. The van der Waals surface area contributed by atoms with Crippen molar-refractivity contribution >= 4 is 12.1 Å². The lowest BCUT2D eigenvalue weighted by molar-refractivity contribution is -0.134. The van der Waals surface area contributed by atoms with E-state index in [0.29, 0.717) is 5.57 Å². The topological polar surface area (TPSA) is 64.6 Å². The van der Waals surface area contributed by atoms with Crippen molar-refractivity contribution in [3.8, 4) is 11.8 Å². The lowest BCUT2D eigenvalue weighted by Gasteiger charge is -2.18. The van der Waals surface area contributed by atoms with Gasteiger partial charge in [-0.2, -0.15) is 0 Å². The molecule has 18 heavy (non-hydrogen) atoms. The summed E-state index contributed by atoms with van der Waals surface area (Å²) >= 11 is 0. The van der Waals surface area contributed by atoms with E-state index in [1.165, 1.54) is 13.2 Å². The fraction of sp³-hybridized carbons (Fsp3) is 0.538. The average Bonchev–Trinajstić information content (AvgIpc) is 2.21. The van der Waals surface area contributed by atoms with Gasteiger partial charge in [-0.15, -0.1) is 0 Å². The fourth-order valence-electron chi connectivity index (χ4n) is 0.886. The molecule has 0 aliphatic rings. The van der Waals surface area contributed by atoms with Crippen LogP contribution in [0.4, 0.5) is 4.79 Å². The molecule has 0 spiro atoms. The van der Waals surface area contributed by atoms with Gasteiger partial charge >= 0.3 is 12.1 Å². The minimum Gasteiger partial charge on any atom is -0.466 e. The van der Waals surface area contributed by atoms with E-state index in [0.717, 1.165) is 0 Å². The Balaban J connectivity index is 4.10. The third-order valence-corrected chi connectivity index (χ3v) is 1.54. The Morgan fingerprint density at radius 2 is 1.94 bits per heavy atom. The van der Waals surface area contributed by atoms with Crippen LogP contribution in [0.1, 0.15) is 27.7 Å². The maximum atomic E-state index is 11.2. The van der Waals surface area contributed by atoms with Crippen LogP contribution in [0, 0.1) is 11.8 Å². The first kappa shape index (κ1) is 16.0. The van der Waals surface area contributed by atoms with Crippen LogP contribution in [0.15, 0.2) is 11.6 Å². The second kappa shape index (κ2) is 7.38. The molecule has 0 aromatic rings. The van der Waals surface area contributed by atoms with Crippen LogP contribution in [-0.2, 0) is 14.3 Å². The summed E-state index contributed by atoms with van der Waals surface area (Å²) in [4.78, 5) is 22.1. The van der Waals surface area contributed by atoms with Gasteiger partial charge in [0.2, 0.25) is 0 Å². The first-order valence-corrected chi connectivity index (χ1v) is 5.46. The molecule has 0 fully saturated rings. The number of carbonyl (C=O) groups is 2. The van der Waals surface area contributed by atoms with Crippen molar-refractivity contribution in [1.82, 2.24) is 5.32 Å². The summed E-state index contributed by atoms with van der Waals surface area (Å²) in [6.45, 7) is 7.17. The molecule has 0 bridgehead atoms. The minimum absolute atomic E-state index is 0.154. The summed E-state index contributed by atoms with van der Waals surface area (Å²) in [7, 11) is 1.30. The molecule has 0 aliphatic carbocycles. The summed E-state index contributed by atoms with van der Waals surface area (Å²) < 4.78 is 9.47. The van der Waals surface area contributed by atoms with Crippen LogP contribution in [0.2, 0.25) is 0 Å². The quantitative estimate of drug-likeness (QED) is 0.461. The second-order valence-electron chi connectivity index (χ2n) is 4.51. The van der Waals surface area contributed by atoms with Crippen molar-refractivity contribution < 1.29 is 19.1 Å². The molecule has 5 heteroatoms. The summed E-state index contributed by atoms with van der Waals surface area (Å²) in [5.74, 6) is 4.94. The number of amides is 1. The highest BCUT2D eigenvalue weighted by molar-refractivity contribution is 5.83. The Morgan fingerprint density at radius 3 is 2.44 bits per heavy atom. The van der Waals surface area contributed by atoms with Crippen LogP contribution >= 0.6 is 0 Å². The van der Waals surface area contributed by atoms with E-state index < -0.39 is 17.7 Å². The molecular weight excluding hydrogens is 234 g/mol. The number of alkyl carbamates (subject to hydrolysis) is 1. The summed E-state index contributed by atoms with van der Waals surface area (Å²) in [6, 6.07) is 0. The third kappa shape index (κ3) is 9.28. The van der Waals surface area contributed by atoms with E-state index in [4.69, 9.17) is 4.74 Å². The van der Waals surface area contributed by atoms with Crippen LogP contribution in [-0.4, -0.2) is 31.3 Å². The molecule has 0 radical (unpaired) electrons. The monoisotopic (exact) mass is 253 g/mol. The molecule has 0 aromatic carbocycles. The van der Waals surface area contributed by atoms with Crippen molar-refractivity contribution in [1.29, 1.82) is 0 Å². The number of carbonyl (C=O) groups excluding carboxylic acids is 2. The number of allylic oxidation sites excluding steroid dienone is 1. The van der Waals surface area contributed by atoms with Crippen LogP contribution in [0.25, 0.3) is 0 Å². The van der Waals surface area contributed by atoms with E-state index in [2.05, 4.69) is 21.9 Å². The van der Waals surface area contributed by atoms with Gasteiger partial charge < -0.3 is 14.8 Å². The molecule has 0 aromatic heterocycles. The standard InChI is InChI=1S/C13H19NO4/c1-10(9-11(15)17-5)7-6-8-14-12(16)18-13(2,3)4/h9H,8H2,1-5H3,(H,14,16)/b10-9+. The number of hydrogen-bond acceptors (Lipinski definition) is 4. The van der Waals surface area contributed by atoms with Gasteiger partial charge in [0, 0.05) is 11.6 Å². The highest BCUT2D eigenvalue weighted by atomic mass is 16.6. The Labute approximate surface area is 108 Å². The van der Waals surface area contributed by atoms with Gasteiger partial charge in [0.25, 0.3) is 0 Å². The number of ether oxygens (including phenoxy) is 2. The van der Waals surface area contributed by atoms with E-state index in [1.54, 1.807) is 27.7 Å². The van der Waals surface area contributed by atoms with Gasteiger partial charge in [-0.1, -0.05) is 11.8 Å². The maximum absolute atomic E-state index is 11.2. The molecule has 0 saturated heterocycles. The summed E-state index contributed by atoms with van der Waals surface area (Å²) in [5.41, 5.74) is 0.0333. The van der Waals surface area contributed by atoms with Gasteiger partial charge in [0.1, 0.15) is 5.60 Å². The molecule has 0 atom stereocenters. The molecule has 100 valence electrons. The van der Waals surface area contributed by atoms with Crippen LogP contribution in [0.5, 0.6) is 0 Å². The van der Waals surface area contributed by atoms with Crippen molar-refractivity contribution in [3.63, 3.8) is 0 Å². The molecule has 0 rings (SSSR count). The zero-order valence-electron chi connectivity index (χ0n) is 11.4. The predicted octanol–water partition coefficient (Wildman–Crippen LogP) is 1.63. The molecular formula is C13H19NO4. The molecule has 0 saturated carbocycles. The van der Waals surface area contributed by atoms with Gasteiger partial charge in [-0.3, -0.25) is 0 Å².